The number of likely N-dealkylation sites (tertiary alicyclic amines) is 1. The van der Waals surface area contributed by atoms with Crippen LogP contribution in [-0.4, -0.2) is 30.5 Å². The van der Waals surface area contributed by atoms with Crippen molar-refractivity contribution in [1.82, 2.24) is 4.90 Å². The summed E-state index contributed by atoms with van der Waals surface area (Å²) in [4.78, 5) is 13.7. The Labute approximate surface area is 120 Å². The number of ether oxygens (including phenoxy) is 1. The van der Waals surface area contributed by atoms with Crippen LogP contribution in [0.2, 0.25) is 0 Å². The highest BCUT2D eigenvalue weighted by atomic mass is 35.5. The van der Waals surface area contributed by atoms with E-state index < -0.39 is 0 Å². The van der Waals surface area contributed by atoms with Gasteiger partial charge in [0.1, 0.15) is 5.75 Å². The van der Waals surface area contributed by atoms with Gasteiger partial charge < -0.3 is 15.4 Å². The standard InChI is InChI=1S/C14H20N2O2.ClH/c1-2-18-13-5-3-4-11(6-13)9-16-10-12(8-15)7-14(16)17;/h3-6,12H,2,7-10,15H2,1H3;1H. The lowest BCUT2D eigenvalue weighted by molar-refractivity contribution is -0.128. The van der Waals surface area contributed by atoms with Crippen molar-refractivity contribution in [3.63, 3.8) is 0 Å². The summed E-state index contributed by atoms with van der Waals surface area (Å²) in [6.07, 6.45) is 0.585. The third kappa shape index (κ3) is 4.11. The first kappa shape index (κ1) is 15.8. The first-order valence-electron chi connectivity index (χ1n) is 6.42. The van der Waals surface area contributed by atoms with Crippen LogP contribution in [0.1, 0.15) is 18.9 Å². The molecule has 4 nitrogen and oxygen atoms in total. The van der Waals surface area contributed by atoms with Gasteiger partial charge in [-0.1, -0.05) is 12.1 Å². The number of nitrogens with zero attached hydrogens (tertiary/aromatic N) is 1. The SMILES string of the molecule is CCOc1cccc(CN2CC(CN)CC2=O)c1.Cl. The zero-order valence-electron chi connectivity index (χ0n) is 11.2. The van der Waals surface area contributed by atoms with Gasteiger partial charge in [0.15, 0.2) is 0 Å². The topological polar surface area (TPSA) is 55.6 Å². The Kier molecular flexibility index (Phi) is 6.12. The molecule has 1 unspecified atom stereocenters. The van der Waals surface area contributed by atoms with E-state index in [-0.39, 0.29) is 18.3 Å². The van der Waals surface area contributed by atoms with E-state index in [1.54, 1.807) is 0 Å². The first-order chi connectivity index (χ1) is 8.72. The lowest BCUT2D eigenvalue weighted by Crippen LogP contribution is -2.25. The summed E-state index contributed by atoms with van der Waals surface area (Å²) < 4.78 is 5.46. The highest BCUT2D eigenvalue weighted by Crippen LogP contribution is 2.21. The van der Waals surface area contributed by atoms with Gasteiger partial charge in [-0.05, 0) is 37.1 Å². The molecule has 0 spiro atoms. The van der Waals surface area contributed by atoms with Crippen LogP contribution in [-0.2, 0) is 11.3 Å². The molecule has 1 aromatic carbocycles. The van der Waals surface area contributed by atoms with Crippen LogP contribution in [0.4, 0.5) is 0 Å². The van der Waals surface area contributed by atoms with Gasteiger partial charge in [-0.2, -0.15) is 0 Å². The number of carbonyl (C=O) groups is 1. The Bertz CT molecular complexity index is 426. The molecule has 0 aromatic heterocycles. The fourth-order valence-corrected chi connectivity index (χ4v) is 2.29. The second kappa shape index (κ2) is 7.36. The average molecular weight is 285 g/mol. The van der Waals surface area contributed by atoms with E-state index in [0.29, 0.717) is 32.0 Å². The van der Waals surface area contributed by atoms with Gasteiger partial charge in [-0.3, -0.25) is 4.79 Å². The number of amides is 1. The Morgan fingerprint density at radius 1 is 1.47 bits per heavy atom. The van der Waals surface area contributed by atoms with Crippen LogP contribution in [0, 0.1) is 5.92 Å². The number of nitrogens with two attached hydrogens (primary N) is 1. The Morgan fingerprint density at radius 2 is 2.26 bits per heavy atom. The first-order valence-corrected chi connectivity index (χ1v) is 6.42. The van der Waals surface area contributed by atoms with Crippen LogP contribution in [0.3, 0.4) is 0 Å². The normalized spacial score (nSPS) is 18.3. The zero-order chi connectivity index (χ0) is 13.0. The van der Waals surface area contributed by atoms with Gasteiger partial charge in [-0.25, -0.2) is 0 Å². The molecule has 0 saturated carbocycles. The molecule has 1 saturated heterocycles. The molecule has 0 aliphatic carbocycles. The monoisotopic (exact) mass is 284 g/mol. The predicted octanol–water partition coefficient (Wildman–Crippen LogP) is 1.81. The van der Waals surface area contributed by atoms with E-state index >= 15 is 0 Å². The number of hydrogen-bond acceptors (Lipinski definition) is 3. The van der Waals surface area contributed by atoms with Crippen molar-refractivity contribution in [3.8, 4) is 5.75 Å². The number of rotatable bonds is 5. The smallest absolute Gasteiger partial charge is 0.223 e. The van der Waals surface area contributed by atoms with Crippen LogP contribution >= 0.6 is 12.4 Å². The number of halogens is 1. The molecule has 2 N–H and O–H groups in total. The molecule has 1 fully saturated rings. The zero-order valence-corrected chi connectivity index (χ0v) is 12.0. The van der Waals surface area contributed by atoms with E-state index in [0.717, 1.165) is 17.9 Å². The molecule has 1 amide bonds. The fourth-order valence-electron chi connectivity index (χ4n) is 2.29. The summed E-state index contributed by atoms with van der Waals surface area (Å²) in [5.41, 5.74) is 6.72. The van der Waals surface area contributed by atoms with Crippen molar-refractivity contribution in [2.75, 3.05) is 19.7 Å². The molecule has 0 bridgehead atoms. The lowest BCUT2D eigenvalue weighted by atomic mass is 10.1. The van der Waals surface area contributed by atoms with Gasteiger partial charge in [0.05, 0.1) is 6.61 Å². The van der Waals surface area contributed by atoms with Crippen LogP contribution in [0.5, 0.6) is 5.75 Å². The number of hydrogen-bond donors (Lipinski definition) is 1. The minimum absolute atomic E-state index is 0. The molecule has 19 heavy (non-hydrogen) atoms. The van der Waals surface area contributed by atoms with Crippen molar-refractivity contribution in [2.45, 2.75) is 19.9 Å². The van der Waals surface area contributed by atoms with E-state index in [9.17, 15) is 4.79 Å². The van der Waals surface area contributed by atoms with Gasteiger partial charge in [0, 0.05) is 19.5 Å². The molecule has 1 aliphatic rings. The van der Waals surface area contributed by atoms with Crippen molar-refractivity contribution in [1.29, 1.82) is 0 Å². The maximum absolute atomic E-state index is 11.8. The average Bonchev–Trinajstić information content (AvgIpc) is 2.71. The summed E-state index contributed by atoms with van der Waals surface area (Å²) in [5, 5.41) is 0. The molecular formula is C14H21ClN2O2. The van der Waals surface area contributed by atoms with Crippen LogP contribution in [0.15, 0.2) is 24.3 Å². The molecule has 1 aliphatic heterocycles. The quantitative estimate of drug-likeness (QED) is 0.897. The minimum atomic E-state index is 0. The number of carbonyl (C=O) groups excluding carboxylic acids is 1. The molecule has 0 radical (unpaired) electrons. The second-order valence-electron chi connectivity index (χ2n) is 4.66. The third-order valence-electron chi connectivity index (χ3n) is 3.21. The van der Waals surface area contributed by atoms with Gasteiger partial charge in [0.2, 0.25) is 5.91 Å². The highest BCUT2D eigenvalue weighted by Gasteiger charge is 2.28. The summed E-state index contributed by atoms with van der Waals surface area (Å²) in [5.74, 6) is 1.37. The van der Waals surface area contributed by atoms with Crippen molar-refractivity contribution in [3.05, 3.63) is 29.8 Å². The molecule has 2 rings (SSSR count). The largest absolute Gasteiger partial charge is 0.494 e. The van der Waals surface area contributed by atoms with Crippen LogP contribution < -0.4 is 10.5 Å². The summed E-state index contributed by atoms with van der Waals surface area (Å²) in [7, 11) is 0. The second-order valence-corrected chi connectivity index (χ2v) is 4.66. The van der Waals surface area contributed by atoms with Crippen molar-refractivity contribution < 1.29 is 9.53 Å². The van der Waals surface area contributed by atoms with E-state index in [1.807, 2.05) is 36.1 Å². The molecule has 1 atom stereocenters. The van der Waals surface area contributed by atoms with E-state index in [2.05, 4.69) is 0 Å². The fraction of sp³-hybridized carbons (Fsp3) is 0.500. The Morgan fingerprint density at radius 3 is 2.89 bits per heavy atom. The summed E-state index contributed by atoms with van der Waals surface area (Å²) >= 11 is 0. The highest BCUT2D eigenvalue weighted by molar-refractivity contribution is 5.85. The molecule has 1 heterocycles. The van der Waals surface area contributed by atoms with E-state index in [4.69, 9.17) is 10.5 Å². The molecular weight excluding hydrogens is 264 g/mol. The number of benzene rings is 1. The van der Waals surface area contributed by atoms with Gasteiger partial charge in [-0.15, -0.1) is 12.4 Å². The Hall–Kier alpha value is -1.26. The molecule has 1 aromatic rings. The summed E-state index contributed by atoms with van der Waals surface area (Å²) in [6, 6.07) is 7.90. The molecule has 5 heteroatoms. The van der Waals surface area contributed by atoms with Gasteiger partial charge in [0.25, 0.3) is 0 Å². The van der Waals surface area contributed by atoms with Gasteiger partial charge >= 0.3 is 0 Å². The van der Waals surface area contributed by atoms with E-state index in [1.165, 1.54) is 0 Å². The maximum atomic E-state index is 11.8. The Balaban J connectivity index is 0.00000180. The lowest BCUT2D eigenvalue weighted by Gasteiger charge is -2.17. The van der Waals surface area contributed by atoms with Crippen LogP contribution in [0.25, 0.3) is 0 Å². The predicted molar refractivity (Wildman–Crippen MR) is 77.4 cm³/mol. The summed E-state index contributed by atoms with van der Waals surface area (Å²) in [6.45, 7) is 4.62. The third-order valence-corrected chi connectivity index (χ3v) is 3.21. The minimum Gasteiger partial charge on any atom is -0.494 e. The van der Waals surface area contributed by atoms with Crippen molar-refractivity contribution in [2.24, 2.45) is 11.7 Å². The molecule has 106 valence electrons. The van der Waals surface area contributed by atoms with Crippen molar-refractivity contribution >= 4 is 18.3 Å². The maximum Gasteiger partial charge on any atom is 0.223 e.